The predicted molar refractivity (Wildman–Crippen MR) is 92.1 cm³/mol. The summed E-state index contributed by atoms with van der Waals surface area (Å²) in [4.78, 5) is 25.7. The number of rotatable bonds is 5. The average Bonchev–Trinajstić information content (AvgIpc) is 2.72. The lowest BCUT2D eigenvalue weighted by atomic mass is 9.86. The van der Waals surface area contributed by atoms with Crippen molar-refractivity contribution in [1.82, 2.24) is 10.2 Å². The Morgan fingerprint density at radius 3 is 2.30 bits per heavy atom. The summed E-state index contributed by atoms with van der Waals surface area (Å²) in [5.74, 6) is -0.550. The molecule has 0 saturated carbocycles. The first-order chi connectivity index (χ1) is 9.96. The zero-order valence-electron chi connectivity index (χ0n) is 14.2. The van der Waals surface area contributed by atoms with E-state index >= 15 is 0 Å². The van der Waals surface area contributed by atoms with Crippen LogP contribution in [0, 0.1) is 5.41 Å². The number of carbonyl (C=O) groups excluding carboxylic acids is 2. The maximum atomic E-state index is 12.3. The quantitative estimate of drug-likeness (QED) is 0.705. The summed E-state index contributed by atoms with van der Waals surface area (Å²) in [7, 11) is -3.04. The second-order valence-corrected chi connectivity index (χ2v) is 9.09. The van der Waals surface area contributed by atoms with Crippen LogP contribution in [-0.4, -0.2) is 61.8 Å². The third kappa shape index (κ3) is 6.64. The average molecular weight is 370 g/mol. The minimum absolute atomic E-state index is 0. The molecule has 0 spiro atoms. The number of nitrogens with one attached hydrogen (secondary N) is 1. The fourth-order valence-electron chi connectivity index (χ4n) is 2.27. The molecule has 3 N–H and O–H groups in total. The highest BCUT2D eigenvalue weighted by atomic mass is 35.5. The number of amides is 2. The van der Waals surface area contributed by atoms with Gasteiger partial charge in [-0.25, -0.2) is 8.42 Å². The zero-order valence-corrected chi connectivity index (χ0v) is 15.8. The summed E-state index contributed by atoms with van der Waals surface area (Å²) >= 11 is 0. The minimum Gasteiger partial charge on any atom is -0.351 e. The summed E-state index contributed by atoms with van der Waals surface area (Å²) in [5.41, 5.74) is 5.55. The second-order valence-electron chi connectivity index (χ2n) is 6.86. The largest absolute Gasteiger partial charge is 0.351 e. The monoisotopic (exact) mass is 369 g/mol. The lowest BCUT2D eigenvalue weighted by Gasteiger charge is -2.31. The third-order valence-corrected chi connectivity index (χ3v) is 5.59. The van der Waals surface area contributed by atoms with Gasteiger partial charge in [0.1, 0.15) is 0 Å². The highest BCUT2D eigenvalue weighted by molar-refractivity contribution is 7.91. The summed E-state index contributed by atoms with van der Waals surface area (Å²) < 4.78 is 22.8. The SMILES string of the molecule is CCN(CC(=O)NC1CCS(=O)(=O)C1)C(=O)[C@@H](N)C(C)(C)C.Cl. The van der Waals surface area contributed by atoms with Crippen LogP contribution in [0.1, 0.15) is 34.1 Å². The van der Waals surface area contributed by atoms with Crippen LogP contribution in [0.2, 0.25) is 0 Å². The van der Waals surface area contributed by atoms with Crippen LogP contribution in [0.5, 0.6) is 0 Å². The molecule has 1 rings (SSSR count). The van der Waals surface area contributed by atoms with E-state index in [1.165, 1.54) is 4.90 Å². The number of nitrogens with two attached hydrogens (primary N) is 1. The summed E-state index contributed by atoms with van der Waals surface area (Å²) in [6, 6.07) is -1.05. The normalized spacial score (nSPS) is 21.2. The highest BCUT2D eigenvalue weighted by Gasteiger charge is 2.32. The Morgan fingerprint density at radius 2 is 1.91 bits per heavy atom. The lowest BCUT2D eigenvalue weighted by Crippen LogP contribution is -2.53. The molecule has 7 nitrogen and oxygen atoms in total. The van der Waals surface area contributed by atoms with Gasteiger partial charge in [0, 0.05) is 12.6 Å². The van der Waals surface area contributed by atoms with Crippen molar-refractivity contribution in [3.05, 3.63) is 0 Å². The van der Waals surface area contributed by atoms with E-state index in [0.717, 1.165) is 0 Å². The molecule has 0 aliphatic carbocycles. The molecule has 1 saturated heterocycles. The molecule has 1 aliphatic heterocycles. The molecule has 1 fully saturated rings. The van der Waals surface area contributed by atoms with E-state index in [4.69, 9.17) is 5.73 Å². The summed E-state index contributed by atoms with van der Waals surface area (Å²) in [6.45, 7) is 7.65. The van der Waals surface area contributed by atoms with Gasteiger partial charge in [-0.3, -0.25) is 9.59 Å². The van der Waals surface area contributed by atoms with Gasteiger partial charge in [-0.1, -0.05) is 20.8 Å². The summed E-state index contributed by atoms with van der Waals surface area (Å²) in [5, 5.41) is 2.68. The third-order valence-electron chi connectivity index (χ3n) is 3.82. The molecule has 9 heteroatoms. The number of carbonyl (C=O) groups is 2. The van der Waals surface area contributed by atoms with Gasteiger partial charge in [0.2, 0.25) is 11.8 Å². The number of halogens is 1. The van der Waals surface area contributed by atoms with E-state index in [-0.39, 0.29) is 53.7 Å². The maximum Gasteiger partial charge on any atom is 0.240 e. The molecule has 2 atom stereocenters. The second kappa shape index (κ2) is 8.30. The number of likely N-dealkylation sites (N-methyl/N-ethyl adjacent to an activating group) is 1. The first-order valence-corrected chi connectivity index (χ1v) is 9.32. The van der Waals surface area contributed by atoms with Crippen LogP contribution in [0.15, 0.2) is 0 Å². The molecule has 0 aromatic heterocycles. The lowest BCUT2D eigenvalue weighted by molar-refractivity contribution is -0.139. The van der Waals surface area contributed by atoms with Crippen LogP contribution >= 0.6 is 12.4 Å². The number of sulfone groups is 1. The molecule has 1 aliphatic rings. The number of hydrogen-bond donors (Lipinski definition) is 2. The van der Waals surface area contributed by atoms with E-state index in [0.29, 0.717) is 13.0 Å². The van der Waals surface area contributed by atoms with Gasteiger partial charge in [-0.05, 0) is 18.8 Å². The van der Waals surface area contributed by atoms with Crippen LogP contribution in [-0.2, 0) is 19.4 Å². The van der Waals surface area contributed by atoms with Gasteiger partial charge in [0.15, 0.2) is 9.84 Å². The van der Waals surface area contributed by atoms with Gasteiger partial charge in [0.05, 0.1) is 24.1 Å². The Labute approximate surface area is 144 Å². The molecule has 0 bridgehead atoms. The molecule has 0 aromatic carbocycles. The van der Waals surface area contributed by atoms with E-state index in [9.17, 15) is 18.0 Å². The van der Waals surface area contributed by atoms with E-state index < -0.39 is 15.9 Å². The molecule has 136 valence electrons. The maximum absolute atomic E-state index is 12.3. The Hall–Kier alpha value is -0.860. The molecule has 1 heterocycles. The molecular formula is C14H28ClN3O4S. The van der Waals surface area contributed by atoms with E-state index in [1.54, 1.807) is 6.92 Å². The first kappa shape index (κ1) is 22.1. The van der Waals surface area contributed by atoms with E-state index in [2.05, 4.69) is 5.32 Å². The first-order valence-electron chi connectivity index (χ1n) is 7.50. The van der Waals surface area contributed by atoms with Crippen molar-refractivity contribution in [3.8, 4) is 0 Å². The molecule has 2 amide bonds. The van der Waals surface area contributed by atoms with Crippen molar-refractivity contribution >= 4 is 34.1 Å². The van der Waals surface area contributed by atoms with Crippen LogP contribution in [0.3, 0.4) is 0 Å². The Kier molecular flexibility index (Phi) is 7.99. The van der Waals surface area contributed by atoms with Crippen LogP contribution < -0.4 is 11.1 Å². The minimum atomic E-state index is -3.04. The highest BCUT2D eigenvalue weighted by Crippen LogP contribution is 2.19. The number of nitrogens with zero attached hydrogens (tertiary/aromatic N) is 1. The van der Waals surface area contributed by atoms with Crippen molar-refractivity contribution in [2.24, 2.45) is 11.1 Å². The van der Waals surface area contributed by atoms with Gasteiger partial charge in [-0.2, -0.15) is 0 Å². The van der Waals surface area contributed by atoms with Gasteiger partial charge in [-0.15, -0.1) is 12.4 Å². The Bertz CT molecular complexity index is 531. The molecule has 1 unspecified atom stereocenters. The van der Waals surface area contributed by atoms with Crippen LogP contribution in [0.4, 0.5) is 0 Å². The smallest absolute Gasteiger partial charge is 0.240 e. The Morgan fingerprint density at radius 1 is 1.35 bits per heavy atom. The van der Waals surface area contributed by atoms with Crippen LogP contribution in [0.25, 0.3) is 0 Å². The number of hydrogen-bond acceptors (Lipinski definition) is 5. The van der Waals surface area contributed by atoms with Gasteiger partial charge in [0.25, 0.3) is 0 Å². The van der Waals surface area contributed by atoms with Crippen molar-refractivity contribution in [2.75, 3.05) is 24.6 Å². The molecule has 0 aromatic rings. The van der Waals surface area contributed by atoms with Crippen molar-refractivity contribution in [2.45, 2.75) is 46.2 Å². The van der Waals surface area contributed by atoms with Crippen molar-refractivity contribution in [3.63, 3.8) is 0 Å². The van der Waals surface area contributed by atoms with Crippen molar-refractivity contribution < 1.29 is 18.0 Å². The fraction of sp³-hybridized carbons (Fsp3) is 0.857. The molecule has 0 radical (unpaired) electrons. The zero-order chi connectivity index (χ0) is 17.1. The summed E-state index contributed by atoms with van der Waals surface area (Å²) in [6.07, 6.45) is 0.426. The topological polar surface area (TPSA) is 110 Å². The van der Waals surface area contributed by atoms with Gasteiger partial charge >= 0.3 is 0 Å². The Balaban J connectivity index is 0.00000484. The standard InChI is InChI=1S/C14H27N3O4S.ClH/c1-5-17(13(19)12(15)14(2,3)4)8-11(18)16-10-6-7-22(20,21)9-10;/h10,12H,5-9,15H2,1-4H3,(H,16,18);1H/t10?,12-;/m1./s1. The molecular weight excluding hydrogens is 342 g/mol. The predicted octanol–water partition coefficient (Wildman–Crippen LogP) is -0.0666. The van der Waals surface area contributed by atoms with Crippen molar-refractivity contribution in [1.29, 1.82) is 0 Å². The van der Waals surface area contributed by atoms with E-state index in [1.807, 2.05) is 20.8 Å². The fourth-order valence-corrected chi connectivity index (χ4v) is 3.94. The van der Waals surface area contributed by atoms with Gasteiger partial charge < -0.3 is 16.0 Å². The molecule has 23 heavy (non-hydrogen) atoms.